The molecular formula is C17H18Cl2N2O3. The van der Waals surface area contributed by atoms with Gasteiger partial charge in [-0.3, -0.25) is 19.4 Å². The van der Waals surface area contributed by atoms with Gasteiger partial charge in [-0.25, -0.2) is 4.79 Å². The average Bonchev–Trinajstić information content (AvgIpc) is 3.04. The van der Waals surface area contributed by atoms with E-state index in [0.717, 1.165) is 31.2 Å². The zero-order valence-electron chi connectivity index (χ0n) is 13.1. The fraction of sp³-hybridized carbons (Fsp3) is 0.471. The lowest BCUT2D eigenvalue weighted by Crippen LogP contribution is -2.58. The first-order chi connectivity index (χ1) is 11.5. The summed E-state index contributed by atoms with van der Waals surface area (Å²) in [5.74, 6) is -0.804. The summed E-state index contributed by atoms with van der Waals surface area (Å²) in [4.78, 5) is 39.4. The summed E-state index contributed by atoms with van der Waals surface area (Å²) in [5, 5.41) is 0.900. The summed E-state index contributed by atoms with van der Waals surface area (Å²) < 4.78 is 0. The Balaban J connectivity index is 1.71. The van der Waals surface area contributed by atoms with Gasteiger partial charge in [-0.1, -0.05) is 42.1 Å². The third kappa shape index (κ3) is 3.42. The van der Waals surface area contributed by atoms with Crippen molar-refractivity contribution in [2.45, 2.75) is 44.6 Å². The van der Waals surface area contributed by atoms with Gasteiger partial charge < -0.3 is 0 Å². The Hall–Kier alpha value is -1.59. The molecule has 0 unspecified atom stereocenters. The third-order valence-electron chi connectivity index (χ3n) is 4.61. The first-order valence-electron chi connectivity index (χ1n) is 8.07. The molecule has 0 spiro atoms. The van der Waals surface area contributed by atoms with Crippen molar-refractivity contribution in [3.8, 4) is 0 Å². The van der Waals surface area contributed by atoms with Gasteiger partial charge >= 0.3 is 6.03 Å². The summed E-state index contributed by atoms with van der Waals surface area (Å²) in [6.45, 7) is 0.228. The minimum absolute atomic E-state index is 0.0643. The molecule has 0 aromatic heterocycles. The molecule has 0 radical (unpaired) electrons. The van der Waals surface area contributed by atoms with E-state index in [1.165, 1.54) is 9.80 Å². The number of hydrogen-bond acceptors (Lipinski definition) is 3. The Kier molecular flexibility index (Phi) is 5.11. The molecule has 1 aromatic rings. The highest BCUT2D eigenvalue weighted by atomic mass is 35.5. The molecule has 0 bridgehead atoms. The molecule has 1 aliphatic heterocycles. The van der Waals surface area contributed by atoms with Crippen LogP contribution in [0, 0.1) is 0 Å². The van der Waals surface area contributed by atoms with Crippen LogP contribution in [-0.2, 0) is 16.0 Å². The van der Waals surface area contributed by atoms with Gasteiger partial charge in [0.1, 0.15) is 6.42 Å². The largest absolute Gasteiger partial charge is 0.333 e. The van der Waals surface area contributed by atoms with Gasteiger partial charge in [0, 0.05) is 12.6 Å². The molecule has 0 N–H and O–H groups in total. The molecule has 1 saturated heterocycles. The van der Waals surface area contributed by atoms with Crippen molar-refractivity contribution in [2.75, 3.05) is 6.54 Å². The van der Waals surface area contributed by atoms with Crippen molar-refractivity contribution in [2.24, 2.45) is 0 Å². The van der Waals surface area contributed by atoms with Crippen LogP contribution in [0.1, 0.15) is 37.7 Å². The summed E-state index contributed by atoms with van der Waals surface area (Å²) in [7, 11) is 0. The summed E-state index contributed by atoms with van der Waals surface area (Å²) in [5.41, 5.74) is 0.884. The second-order valence-electron chi connectivity index (χ2n) is 6.21. The molecule has 5 nitrogen and oxygen atoms in total. The normalized spacial score (nSPS) is 19.5. The van der Waals surface area contributed by atoms with Crippen LogP contribution < -0.4 is 0 Å². The quantitative estimate of drug-likeness (QED) is 0.761. The second-order valence-corrected chi connectivity index (χ2v) is 7.02. The summed E-state index contributed by atoms with van der Waals surface area (Å²) in [6.07, 6.45) is 3.92. The Morgan fingerprint density at radius 1 is 1.00 bits per heavy atom. The van der Waals surface area contributed by atoms with E-state index in [4.69, 9.17) is 23.2 Å². The predicted octanol–water partition coefficient (Wildman–Crippen LogP) is 3.66. The number of nitrogens with zero attached hydrogens (tertiary/aromatic N) is 2. The lowest BCUT2D eigenvalue weighted by Gasteiger charge is -2.36. The predicted molar refractivity (Wildman–Crippen MR) is 91.0 cm³/mol. The lowest BCUT2D eigenvalue weighted by atomic mass is 10.1. The van der Waals surface area contributed by atoms with Gasteiger partial charge in [0.15, 0.2) is 0 Å². The summed E-state index contributed by atoms with van der Waals surface area (Å²) in [6, 6.07) is 4.68. The highest BCUT2D eigenvalue weighted by molar-refractivity contribution is 6.42. The van der Waals surface area contributed by atoms with Crippen LogP contribution in [0.5, 0.6) is 0 Å². The van der Waals surface area contributed by atoms with Crippen LogP contribution in [-0.4, -0.2) is 40.2 Å². The van der Waals surface area contributed by atoms with Gasteiger partial charge in [-0.05, 0) is 37.0 Å². The molecular weight excluding hydrogens is 351 g/mol. The van der Waals surface area contributed by atoms with E-state index < -0.39 is 11.9 Å². The van der Waals surface area contributed by atoms with Crippen LogP contribution in [0.2, 0.25) is 10.0 Å². The number of halogens is 2. The number of hydrogen-bond donors (Lipinski definition) is 0. The highest BCUT2D eigenvalue weighted by Gasteiger charge is 2.41. The maximum absolute atomic E-state index is 12.6. The number of carbonyl (C=O) groups excluding carboxylic acids is 3. The van der Waals surface area contributed by atoms with E-state index in [1.807, 2.05) is 6.07 Å². The third-order valence-corrected chi connectivity index (χ3v) is 5.35. The maximum Gasteiger partial charge on any atom is 0.333 e. The van der Waals surface area contributed by atoms with E-state index >= 15 is 0 Å². The second kappa shape index (κ2) is 7.11. The smallest absolute Gasteiger partial charge is 0.274 e. The standard InChI is InChI=1S/C17H18Cl2N2O3/c18-13-6-5-11(9-14(13)19)7-8-20-15(22)10-16(23)21(17(20)24)12-3-1-2-4-12/h5-6,9,12H,1-4,7-8,10H2. The van der Waals surface area contributed by atoms with Gasteiger partial charge in [-0.15, -0.1) is 0 Å². The highest BCUT2D eigenvalue weighted by Crippen LogP contribution is 2.28. The van der Waals surface area contributed by atoms with E-state index in [-0.39, 0.29) is 24.9 Å². The SMILES string of the molecule is O=C1CC(=O)N(C2CCCC2)C(=O)N1CCc1ccc(Cl)c(Cl)c1. The van der Waals surface area contributed by atoms with E-state index in [2.05, 4.69) is 0 Å². The van der Waals surface area contributed by atoms with Crippen molar-refractivity contribution in [3.05, 3.63) is 33.8 Å². The molecule has 24 heavy (non-hydrogen) atoms. The van der Waals surface area contributed by atoms with Crippen LogP contribution in [0.3, 0.4) is 0 Å². The zero-order chi connectivity index (χ0) is 17.3. The molecule has 1 heterocycles. The number of rotatable bonds is 4. The van der Waals surface area contributed by atoms with Crippen molar-refractivity contribution >= 4 is 41.0 Å². The number of amides is 4. The van der Waals surface area contributed by atoms with E-state index in [9.17, 15) is 14.4 Å². The number of benzene rings is 1. The number of imide groups is 2. The Labute approximate surface area is 150 Å². The molecule has 2 aliphatic rings. The van der Waals surface area contributed by atoms with Crippen molar-refractivity contribution < 1.29 is 14.4 Å². The average molecular weight is 369 g/mol. The minimum atomic E-state index is -0.483. The maximum atomic E-state index is 12.6. The lowest BCUT2D eigenvalue weighted by molar-refractivity contribution is -0.143. The Morgan fingerprint density at radius 2 is 1.71 bits per heavy atom. The molecule has 0 atom stereocenters. The minimum Gasteiger partial charge on any atom is -0.274 e. The molecule has 128 valence electrons. The van der Waals surface area contributed by atoms with Crippen LogP contribution in [0.15, 0.2) is 18.2 Å². The van der Waals surface area contributed by atoms with Gasteiger partial charge in [0.05, 0.1) is 10.0 Å². The topological polar surface area (TPSA) is 57.7 Å². The molecule has 7 heteroatoms. The molecule has 1 saturated carbocycles. The van der Waals surface area contributed by atoms with Crippen LogP contribution in [0.4, 0.5) is 4.79 Å². The van der Waals surface area contributed by atoms with Crippen LogP contribution in [0.25, 0.3) is 0 Å². The zero-order valence-corrected chi connectivity index (χ0v) is 14.6. The molecule has 1 aliphatic carbocycles. The van der Waals surface area contributed by atoms with Gasteiger partial charge in [-0.2, -0.15) is 0 Å². The van der Waals surface area contributed by atoms with Gasteiger partial charge in [0.2, 0.25) is 11.8 Å². The van der Waals surface area contributed by atoms with Crippen molar-refractivity contribution in [1.29, 1.82) is 0 Å². The molecule has 1 aromatic carbocycles. The summed E-state index contributed by atoms with van der Waals surface area (Å²) >= 11 is 11.9. The van der Waals surface area contributed by atoms with Gasteiger partial charge in [0.25, 0.3) is 0 Å². The van der Waals surface area contributed by atoms with Crippen molar-refractivity contribution in [3.63, 3.8) is 0 Å². The van der Waals surface area contributed by atoms with Crippen molar-refractivity contribution in [1.82, 2.24) is 9.80 Å². The number of urea groups is 1. The number of barbiturate groups is 1. The fourth-order valence-corrected chi connectivity index (χ4v) is 3.65. The number of carbonyl (C=O) groups is 3. The monoisotopic (exact) mass is 368 g/mol. The van der Waals surface area contributed by atoms with E-state index in [0.29, 0.717) is 16.5 Å². The fourth-order valence-electron chi connectivity index (χ4n) is 3.33. The first kappa shape index (κ1) is 17.2. The molecule has 4 amide bonds. The Bertz CT molecular complexity index is 686. The van der Waals surface area contributed by atoms with E-state index in [1.54, 1.807) is 12.1 Å². The Morgan fingerprint density at radius 3 is 2.38 bits per heavy atom. The molecule has 2 fully saturated rings. The molecule has 3 rings (SSSR count). The first-order valence-corrected chi connectivity index (χ1v) is 8.83. The van der Waals surface area contributed by atoms with Crippen LogP contribution >= 0.6 is 23.2 Å².